The number of hydrogen-bond acceptors (Lipinski definition) is 1. The van der Waals surface area contributed by atoms with E-state index in [0.29, 0.717) is 5.57 Å². The molecule has 2 aromatic rings. The minimum atomic E-state index is -0.458. The van der Waals surface area contributed by atoms with Crippen molar-refractivity contribution in [2.75, 3.05) is 0 Å². The Morgan fingerprint density at radius 1 is 0.900 bits per heavy atom. The summed E-state index contributed by atoms with van der Waals surface area (Å²) in [5, 5.41) is 0. The molecule has 0 bridgehead atoms. The molecule has 0 saturated carbocycles. The van der Waals surface area contributed by atoms with E-state index in [1.54, 1.807) is 6.08 Å². The standard InChI is InChI=1S/C16H15N3O/c17-16(18)19-15(20)14(13-9-5-2-6-10-13)11-12-7-3-1-4-8-12/h1-11H,(H4,17,18,19,20)/b14-11+. The van der Waals surface area contributed by atoms with Gasteiger partial charge in [0.1, 0.15) is 0 Å². The van der Waals surface area contributed by atoms with E-state index in [9.17, 15) is 4.79 Å². The SMILES string of the molecule is NC(N)=NC(=O)/C(=C/c1ccccc1)c1ccccc1. The molecule has 4 heteroatoms. The molecule has 0 aliphatic heterocycles. The zero-order chi connectivity index (χ0) is 14.4. The smallest absolute Gasteiger partial charge is 0.280 e. The van der Waals surface area contributed by atoms with Gasteiger partial charge in [-0.1, -0.05) is 60.7 Å². The number of nitrogens with zero attached hydrogens (tertiary/aromatic N) is 1. The van der Waals surface area contributed by atoms with Crippen LogP contribution in [0.25, 0.3) is 11.6 Å². The van der Waals surface area contributed by atoms with E-state index >= 15 is 0 Å². The van der Waals surface area contributed by atoms with Crippen LogP contribution in [0.5, 0.6) is 0 Å². The van der Waals surface area contributed by atoms with Crippen molar-refractivity contribution in [3.05, 3.63) is 71.8 Å². The summed E-state index contributed by atoms with van der Waals surface area (Å²) in [4.78, 5) is 15.8. The highest BCUT2D eigenvalue weighted by molar-refractivity contribution is 6.26. The Morgan fingerprint density at radius 3 is 2.00 bits per heavy atom. The quantitative estimate of drug-likeness (QED) is 0.385. The average Bonchev–Trinajstić information content (AvgIpc) is 2.46. The first-order chi connectivity index (χ1) is 9.66. The number of carbonyl (C=O) groups excluding carboxylic acids is 1. The van der Waals surface area contributed by atoms with Crippen molar-refractivity contribution in [2.24, 2.45) is 16.5 Å². The second kappa shape index (κ2) is 6.33. The van der Waals surface area contributed by atoms with Gasteiger partial charge in [-0.05, 0) is 17.2 Å². The molecule has 100 valence electrons. The minimum Gasteiger partial charge on any atom is -0.370 e. The average molecular weight is 265 g/mol. The zero-order valence-corrected chi connectivity index (χ0v) is 10.9. The minimum absolute atomic E-state index is 0.245. The summed E-state index contributed by atoms with van der Waals surface area (Å²) >= 11 is 0. The molecule has 0 heterocycles. The lowest BCUT2D eigenvalue weighted by Gasteiger charge is -2.04. The summed E-state index contributed by atoms with van der Waals surface area (Å²) in [5.41, 5.74) is 12.7. The molecule has 0 aliphatic rings. The molecule has 0 saturated heterocycles. The second-order valence-corrected chi connectivity index (χ2v) is 4.18. The van der Waals surface area contributed by atoms with E-state index in [2.05, 4.69) is 4.99 Å². The fraction of sp³-hybridized carbons (Fsp3) is 0. The summed E-state index contributed by atoms with van der Waals surface area (Å²) < 4.78 is 0. The number of guanidine groups is 1. The molecular formula is C16H15N3O. The predicted molar refractivity (Wildman–Crippen MR) is 81.6 cm³/mol. The Kier molecular flexibility index (Phi) is 4.29. The van der Waals surface area contributed by atoms with Crippen molar-refractivity contribution in [2.45, 2.75) is 0 Å². The number of amides is 1. The molecule has 0 unspecified atom stereocenters. The maximum atomic E-state index is 12.1. The van der Waals surface area contributed by atoms with Gasteiger partial charge < -0.3 is 11.5 Å². The Balaban J connectivity index is 2.48. The number of hydrogen-bond donors (Lipinski definition) is 2. The molecule has 0 radical (unpaired) electrons. The molecule has 0 atom stereocenters. The monoisotopic (exact) mass is 265 g/mol. The normalized spacial score (nSPS) is 10.9. The highest BCUT2D eigenvalue weighted by atomic mass is 16.1. The maximum absolute atomic E-state index is 12.1. The summed E-state index contributed by atoms with van der Waals surface area (Å²) in [5.74, 6) is -0.704. The second-order valence-electron chi connectivity index (χ2n) is 4.18. The Labute approximate surface area is 117 Å². The van der Waals surface area contributed by atoms with Crippen molar-refractivity contribution >= 4 is 23.5 Å². The van der Waals surface area contributed by atoms with E-state index in [4.69, 9.17) is 11.5 Å². The first kappa shape index (κ1) is 13.5. The van der Waals surface area contributed by atoms with Crippen molar-refractivity contribution < 1.29 is 4.79 Å². The highest BCUT2D eigenvalue weighted by Crippen LogP contribution is 2.19. The van der Waals surface area contributed by atoms with Crippen LogP contribution in [0.2, 0.25) is 0 Å². The topological polar surface area (TPSA) is 81.5 Å². The van der Waals surface area contributed by atoms with Gasteiger partial charge in [-0.2, -0.15) is 4.99 Å². The van der Waals surface area contributed by atoms with Gasteiger partial charge in [-0.15, -0.1) is 0 Å². The van der Waals surface area contributed by atoms with E-state index in [1.807, 2.05) is 60.7 Å². The molecule has 0 spiro atoms. The molecule has 4 nitrogen and oxygen atoms in total. The lowest BCUT2D eigenvalue weighted by atomic mass is 10.0. The molecule has 0 fully saturated rings. The van der Waals surface area contributed by atoms with Crippen LogP contribution in [0.1, 0.15) is 11.1 Å². The number of benzene rings is 2. The number of aliphatic imine (C=N–C) groups is 1. The van der Waals surface area contributed by atoms with Crippen LogP contribution in [0, 0.1) is 0 Å². The van der Waals surface area contributed by atoms with E-state index in [-0.39, 0.29) is 5.96 Å². The Bertz CT molecular complexity index is 642. The molecule has 2 rings (SSSR count). The molecule has 4 N–H and O–H groups in total. The number of nitrogens with two attached hydrogens (primary N) is 2. The third kappa shape index (κ3) is 3.55. The Morgan fingerprint density at radius 2 is 1.45 bits per heavy atom. The largest absolute Gasteiger partial charge is 0.370 e. The van der Waals surface area contributed by atoms with Crippen LogP contribution >= 0.6 is 0 Å². The molecule has 0 aliphatic carbocycles. The third-order valence-corrected chi connectivity index (χ3v) is 2.66. The summed E-state index contributed by atoms with van der Waals surface area (Å²) in [6.45, 7) is 0. The van der Waals surface area contributed by atoms with Crippen molar-refractivity contribution in [1.29, 1.82) is 0 Å². The highest BCUT2D eigenvalue weighted by Gasteiger charge is 2.11. The molecule has 0 aromatic heterocycles. The van der Waals surface area contributed by atoms with Gasteiger partial charge in [0.2, 0.25) is 0 Å². The molecular weight excluding hydrogens is 250 g/mol. The first-order valence-corrected chi connectivity index (χ1v) is 6.13. The van der Waals surface area contributed by atoms with Crippen molar-refractivity contribution in [3.8, 4) is 0 Å². The van der Waals surface area contributed by atoms with Crippen LogP contribution in [0.15, 0.2) is 65.7 Å². The summed E-state index contributed by atoms with van der Waals surface area (Å²) in [6.07, 6.45) is 1.77. The zero-order valence-electron chi connectivity index (χ0n) is 10.9. The van der Waals surface area contributed by atoms with Crippen LogP contribution in [-0.4, -0.2) is 11.9 Å². The van der Waals surface area contributed by atoms with Crippen molar-refractivity contribution in [3.63, 3.8) is 0 Å². The summed E-state index contributed by atoms with van der Waals surface area (Å²) in [7, 11) is 0. The van der Waals surface area contributed by atoms with Gasteiger partial charge in [-0.25, -0.2) is 0 Å². The van der Waals surface area contributed by atoms with Gasteiger partial charge in [-0.3, -0.25) is 4.79 Å². The van der Waals surface area contributed by atoms with Crippen LogP contribution < -0.4 is 11.5 Å². The van der Waals surface area contributed by atoms with Gasteiger partial charge in [0, 0.05) is 5.57 Å². The van der Waals surface area contributed by atoms with E-state index < -0.39 is 5.91 Å². The van der Waals surface area contributed by atoms with E-state index in [0.717, 1.165) is 11.1 Å². The van der Waals surface area contributed by atoms with Gasteiger partial charge in [0.05, 0.1) is 0 Å². The molecule has 2 aromatic carbocycles. The van der Waals surface area contributed by atoms with Gasteiger partial charge in [0.25, 0.3) is 5.91 Å². The molecule has 1 amide bonds. The van der Waals surface area contributed by atoms with Crippen molar-refractivity contribution in [1.82, 2.24) is 0 Å². The van der Waals surface area contributed by atoms with Crippen LogP contribution in [0.3, 0.4) is 0 Å². The number of rotatable bonds is 3. The van der Waals surface area contributed by atoms with Crippen LogP contribution in [-0.2, 0) is 4.79 Å². The first-order valence-electron chi connectivity index (χ1n) is 6.13. The van der Waals surface area contributed by atoms with Gasteiger partial charge in [0.15, 0.2) is 5.96 Å². The van der Waals surface area contributed by atoms with E-state index in [1.165, 1.54) is 0 Å². The Hall–Kier alpha value is -2.88. The fourth-order valence-corrected chi connectivity index (χ4v) is 1.78. The summed E-state index contributed by atoms with van der Waals surface area (Å²) in [6, 6.07) is 18.8. The molecule has 20 heavy (non-hydrogen) atoms. The number of carbonyl (C=O) groups is 1. The lowest BCUT2D eigenvalue weighted by Crippen LogP contribution is -2.24. The lowest BCUT2D eigenvalue weighted by molar-refractivity contribution is -0.112. The maximum Gasteiger partial charge on any atom is 0.280 e. The fourth-order valence-electron chi connectivity index (χ4n) is 1.78. The predicted octanol–water partition coefficient (Wildman–Crippen LogP) is 2.03. The van der Waals surface area contributed by atoms with Gasteiger partial charge >= 0.3 is 0 Å². The van der Waals surface area contributed by atoms with Crippen LogP contribution in [0.4, 0.5) is 0 Å². The third-order valence-electron chi connectivity index (χ3n) is 2.66.